The van der Waals surface area contributed by atoms with E-state index in [-0.39, 0.29) is 11.8 Å². The topological polar surface area (TPSA) is 114 Å². The lowest BCUT2D eigenvalue weighted by molar-refractivity contribution is -0.119. The molecule has 0 saturated heterocycles. The molecule has 0 bridgehead atoms. The van der Waals surface area contributed by atoms with Gasteiger partial charge < -0.3 is 20.1 Å². The Kier molecular flexibility index (Phi) is 8.83. The van der Waals surface area contributed by atoms with Gasteiger partial charge in [-0.15, -0.1) is 10.2 Å². The zero-order valence-electron chi connectivity index (χ0n) is 19.2. The molecule has 0 unspecified atom stereocenters. The number of nitrogens with one attached hydrogen (secondary N) is 3. The molecule has 0 aliphatic carbocycles. The highest BCUT2D eigenvalue weighted by Crippen LogP contribution is 2.28. The van der Waals surface area contributed by atoms with Crippen LogP contribution in [0, 0.1) is 5.92 Å². The van der Waals surface area contributed by atoms with Crippen LogP contribution in [-0.2, 0) is 4.79 Å². The summed E-state index contributed by atoms with van der Waals surface area (Å²) in [6.07, 6.45) is 0.686. The van der Waals surface area contributed by atoms with E-state index in [0.29, 0.717) is 33.7 Å². The highest BCUT2D eigenvalue weighted by Gasteiger charge is 2.27. The van der Waals surface area contributed by atoms with Gasteiger partial charge in [0.15, 0.2) is 0 Å². The number of carbonyl (C=O) groups is 2. The summed E-state index contributed by atoms with van der Waals surface area (Å²) in [6, 6.07) is 11.4. The van der Waals surface area contributed by atoms with Crippen molar-refractivity contribution in [2.75, 3.05) is 24.9 Å². The largest absolute Gasteiger partial charge is 0.497 e. The Morgan fingerprint density at radius 1 is 1.03 bits per heavy atom. The molecule has 0 aliphatic rings. The van der Waals surface area contributed by atoms with Crippen LogP contribution in [0.15, 0.2) is 46.9 Å². The molecule has 0 spiro atoms. The fraction of sp³-hybridized carbons (Fsp3) is 0.304. The zero-order valence-corrected chi connectivity index (χ0v) is 21.6. The van der Waals surface area contributed by atoms with Crippen LogP contribution in [-0.4, -0.2) is 42.4 Å². The summed E-state index contributed by atoms with van der Waals surface area (Å²) in [7, 11) is 3.05. The molecule has 3 aromatic rings. The molecule has 1 heterocycles. The SMILES string of the molecule is CC[C@H](C)[C@H](NC(=O)Nc1cc(OC)cc(OC)c1)C(=O)Nc1nnc(-c2ccc(Br)cc2)s1. The smallest absolute Gasteiger partial charge is 0.319 e. The first-order valence-electron chi connectivity index (χ1n) is 10.5. The molecule has 0 aliphatic heterocycles. The molecule has 1 aromatic heterocycles. The maximum Gasteiger partial charge on any atom is 0.319 e. The number of methoxy groups -OCH3 is 2. The number of urea groups is 1. The maximum atomic E-state index is 13.0. The Morgan fingerprint density at radius 2 is 1.68 bits per heavy atom. The van der Waals surface area contributed by atoms with Gasteiger partial charge in [0, 0.05) is 33.9 Å². The summed E-state index contributed by atoms with van der Waals surface area (Å²) in [5.74, 6) is 0.572. The molecular weight excluding hydrogens is 522 g/mol. The first-order chi connectivity index (χ1) is 16.3. The minimum atomic E-state index is -0.780. The lowest BCUT2D eigenvalue weighted by atomic mass is 9.98. The van der Waals surface area contributed by atoms with E-state index >= 15 is 0 Å². The number of nitrogens with zero attached hydrogens (tertiary/aromatic N) is 2. The van der Waals surface area contributed by atoms with E-state index in [1.807, 2.05) is 38.1 Å². The number of carbonyl (C=O) groups excluding carboxylic acids is 2. The molecule has 3 amide bonds. The summed E-state index contributed by atoms with van der Waals surface area (Å²) in [4.78, 5) is 25.7. The third-order valence-corrected chi connectivity index (χ3v) is 6.55. The van der Waals surface area contributed by atoms with Gasteiger partial charge in [-0.2, -0.15) is 0 Å². The Bertz CT molecular complexity index is 1120. The molecule has 3 N–H and O–H groups in total. The molecule has 180 valence electrons. The van der Waals surface area contributed by atoms with Gasteiger partial charge in [-0.25, -0.2) is 4.79 Å². The van der Waals surface area contributed by atoms with Crippen molar-refractivity contribution in [2.24, 2.45) is 5.92 Å². The van der Waals surface area contributed by atoms with Crippen LogP contribution < -0.4 is 25.4 Å². The van der Waals surface area contributed by atoms with Gasteiger partial charge in [0.2, 0.25) is 11.0 Å². The standard InChI is InChI=1S/C23H26BrN5O4S/c1-5-13(2)19(26-22(31)25-16-10-17(32-3)12-18(11-16)33-4)20(30)27-23-29-28-21(34-23)14-6-8-15(24)9-7-14/h6-13,19H,5H2,1-4H3,(H2,25,26,31)(H,27,29,30)/t13-,19-/m0/s1. The molecule has 11 heteroatoms. The van der Waals surface area contributed by atoms with E-state index in [0.717, 1.165) is 10.0 Å². The number of ether oxygens (including phenoxy) is 2. The second-order valence-electron chi connectivity index (χ2n) is 7.47. The van der Waals surface area contributed by atoms with E-state index in [1.165, 1.54) is 25.6 Å². The van der Waals surface area contributed by atoms with Crippen LogP contribution in [0.25, 0.3) is 10.6 Å². The van der Waals surface area contributed by atoms with Gasteiger partial charge in [0.1, 0.15) is 22.5 Å². The average molecular weight is 548 g/mol. The fourth-order valence-electron chi connectivity index (χ4n) is 3.06. The number of halogens is 1. The minimum absolute atomic E-state index is 0.121. The number of amides is 3. The minimum Gasteiger partial charge on any atom is -0.497 e. The summed E-state index contributed by atoms with van der Waals surface area (Å²) in [5, 5.41) is 17.5. The molecule has 2 aromatic carbocycles. The highest BCUT2D eigenvalue weighted by atomic mass is 79.9. The van der Waals surface area contributed by atoms with E-state index in [2.05, 4.69) is 42.1 Å². The van der Waals surface area contributed by atoms with Gasteiger partial charge in [-0.05, 0) is 18.1 Å². The van der Waals surface area contributed by atoms with E-state index < -0.39 is 12.1 Å². The normalized spacial score (nSPS) is 12.4. The van der Waals surface area contributed by atoms with Crippen LogP contribution >= 0.6 is 27.3 Å². The molecule has 0 radical (unpaired) electrons. The van der Waals surface area contributed by atoms with Gasteiger partial charge in [0.25, 0.3) is 0 Å². The predicted molar refractivity (Wildman–Crippen MR) is 137 cm³/mol. The van der Waals surface area contributed by atoms with Crippen LogP contribution in [0.1, 0.15) is 20.3 Å². The molecule has 3 rings (SSSR count). The zero-order chi connectivity index (χ0) is 24.7. The van der Waals surface area contributed by atoms with Crippen LogP contribution in [0.4, 0.5) is 15.6 Å². The third-order valence-electron chi connectivity index (χ3n) is 5.14. The Labute approximate surface area is 210 Å². The maximum absolute atomic E-state index is 13.0. The monoisotopic (exact) mass is 547 g/mol. The molecule has 34 heavy (non-hydrogen) atoms. The van der Waals surface area contributed by atoms with Gasteiger partial charge >= 0.3 is 6.03 Å². The number of hydrogen-bond acceptors (Lipinski definition) is 7. The van der Waals surface area contributed by atoms with Crippen molar-refractivity contribution in [3.05, 3.63) is 46.9 Å². The molecule has 2 atom stereocenters. The van der Waals surface area contributed by atoms with E-state index in [9.17, 15) is 9.59 Å². The third kappa shape index (κ3) is 6.67. The van der Waals surface area contributed by atoms with Crippen molar-refractivity contribution in [1.82, 2.24) is 15.5 Å². The Morgan fingerprint density at radius 3 is 2.26 bits per heavy atom. The number of benzene rings is 2. The predicted octanol–water partition coefficient (Wildman–Crippen LogP) is 5.16. The summed E-state index contributed by atoms with van der Waals surface area (Å²) < 4.78 is 11.4. The molecule has 0 saturated carbocycles. The van der Waals surface area contributed by atoms with Crippen molar-refractivity contribution in [1.29, 1.82) is 0 Å². The van der Waals surface area contributed by atoms with Crippen LogP contribution in [0.3, 0.4) is 0 Å². The van der Waals surface area contributed by atoms with Gasteiger partial charge in [-0.1, -0.05) is 59.7 Å². The second-order valence-corrected chi connectivity index (χ2v) is 9.36. The van der Waals surface area contributed by atoms with Gasteiger partial charge in [0.05, 0.1) is 14.2 Å². The van der Waals surface area contributed by atoms with Crippen molar-refractivity contribution < 1.29 is 19.1 Å². The van der Waals surface area contributed by atoms with E-state index in [1.54, 1.807) is 18.2 Å². The number of rotatable bonds is 9. The Hall–Kier alpha value is -3.18. The second kappa shape index (κ2) is 11.8. The summed E-state index contributed by atoms with van der Waals surface area (Å²) in [5.41, 5.74) is 1.37. The Balaban J connectivity index is 1.69. The first kappa shape index (κ1) is 25.4. The van der Waals surface area contributed by atoms with Crippen LogP contribution in [0.2, 0.25) is 0 Å². The lowest BCUT2D eigenvalue weighted by Crippen LogP contribution is -2.49. The van der Waals surface area contributed by atoms with Gasteiger partial charge in [-0.3, -0.25) is 10.1 Å². The quantitative estimate of drug-likeness (QED) is 0.341. The van der Waals surface area contributed by atoms with Crippen molar-refractivity contribution in [2.45, 2.75) is 26.3 Å². The first-order valence-corrected chi connectivity index (χ1v) is 12.1. The number of hydrogen-bond donors (Lipinski definition) is 3. The van der Waals surface area contributed by atoms with Crippen molar-refractivity contribution in [3.63, 3.8) is 0 Å². The number of aromatic nitrogens is 2. The van der Waals surface area contributed by atoms with E-state index in [4.69, 9.17) is 9.47 Å². The fourth-order valence-corrected chi connectivity index (χ4v) is 4.07. The summed E-state index contributed by atoms with van der Waals surface area (Å²) >= 11 is 4.67. The lowest BCUT2D eigenvalue weighted by Gasteiger charge is -2.23. The molecule has 0 fully saturated rings. The highest BCUT2D eigenvalue weighted by molar-refractivity contribution is 9.10. The average Bonchev–Trinajstić information content (AvgIpc) is 3.30. The van der Waals surface area contributed by atoms with Crippen molar-refractivity contribution >= 4 is 50.0 Å². The summed E-state index contributed by atoms with van der Waals surface area (Å²) in [6.45, 7) is 3.85. The molecule has 9 nitrogen and oxygen atoms in total. The van der Waals surface area contributed by atoms with Crippen molar-refractivity contribution in [3.8, 4) is 22.1 Å². The number of anilines is 2. The molecular formula is C23H26BrN5O4S. The van der Waals surface area contributed by atoms with Crippen LogP contribution in [0.5, 0.6) is 11.5 Å².